The molecule has 0 spiro atoms. The molecule has 3 N–H and O–H groups in total. The van der Waals surface area contributed by atoms with Crippen LogP contribution in [0.4, 0.5) is 0 Å². The van der Waals surface area contributed by atoms with Crippen molar-refractivity contribution in [2.24, 2.45) is 11.8 Å². The summed E-state index contributed by atoms with van der Waals surface area (Å²) in [6.07, 6.45) is -12.2. The van der Waals surface area contributed by atoms with E-state index < -0.39 is 110 Å². The molecule has 0 saturated carbocycles. The van der Waals surface area contributed by atoms with Crippen LogP contribution in [0.2, 0.25) is 0 Å². The van der Waals surface area contributed by atoms with Crippen LogP contribution in [-0.4, -0.2) is 149 Å². The third-order valence-corrected chi connectivity index (χ3v) is 17.8. The molecule has 348 valence electrons. The van der Waals surface area contributed by atoms with Crippen molar-refractivity contribution in [2.45, 2.75) is 212 Å². The minimum atomic E-state index is -1.47. The van der Waals surface area contributed by atoms with Gasteiger partial charge in [0.2, 0.25) is 0 Å². The Labute approximate surface area is 373 Å². The van der Waals surface area contributed by atoms with Crippen LogP contribution in [0, 0.1) is 11.8 Å². The summed E-state index contributed by atoms with van der Waals surface area (Å²) < 4.78 is 70.0. The Balaban J connectivity index is 0.000000233. The molecule has 0 aliphatic carbocycles. The SMILES string of the molecule is CC(=O)O[C@H]1C(C)O[C@@H](C)[C@H](O)C1O[C@@H]1OC(C)[C@H](C)[C@@H]2OC(C)(C)OC12.CC(=O)O[C@H]1C(C)O[C@H](O)[C@H](O)C1O[C@@H]1OC(C)[C@H](C)[C@@H]2OC(C)(C)OC12.S=S=S=S=S=S. The van der Waals surface area contributed by atoms with E-state index in [2.05, 4.69) is 29.3 Å². The second-order valence-electron chi connectivity index (χ2n) is 16.6. The summed E-state index contributed by atoms with van der Waals surface area (Å²) in [5.41, 5.74) is 0. The molecule has 6 rings (SSSR count). The molecule has 0 radical (unpaired) electrons. The number of fused-ring (bicyclic) bond motifs is 2. The van der Waals surface area contributed by atoms with Crippen LogP contribution in [0.3, 0.4) is 0 Å². The van der Waals surface area contributed by atoms with Gasteiger partial charge in [0.1, 0.15) is 36.6 Å². The summed E-state index contributed by atoms with van der Waals surface area (Å²) in [6.45, 7) is 23.0. The number of aliphatic hydroxyl groups is 3. The van der Waals surface area contributed by atoms with Crippen LogP contribution < -0.4 is 0 Å². The van der Waals surface area contributed by atoms with E-state index in [1.807, 2.05) is 48.5 Å². The smallest absolute Gasteiger partial charge is 0.303 e. The highest BCUT2D eigenvalue weighted by Gasteiger charge is 2.57. The normalized spacial score (nSPS) is 45.1. The van der Waals surface area contributed by atoms with Crippen molar-refractivity contribution in [2.75, 3.05) is 0 Å². The highest BCUT2D eigenvalue weighted by atomic mass is 33.3. The highest BCUT2D eigenvalue weighted by Crippen LogP contribution is 2.43. The molecule has 6 heterocycles. The summed E-state index contributed by atoms with van der Waals surface area (Å²) in [6, 6.07) is 0. The van der Waals surface area contributed by atoms with Gasteiger partial charge in [0.15, 0.2) is 42.7 Å². The van der Waals surface area contributed by atoms with Crippen LogP contribution >= 0.6 is 0 Å². The molecular formula is C37H62O17S6. The summed E-state index contributed by atoms with van der Waals surface area (Å²) >= 11 is 9.03. The van der Waals surface area contributed by atoms with E-state index in [1.54, 1.807) is 20.8 Å². The van der Waals surface area contributed by atoms with Gasteiger partial charge in [0.05, 0.1) is 42.7 Å². The predicted molar refractivity (Wildman–Crippen MR) is 228 cm³/mol. The molecule has 60 heavy (non-hydrogen) atoms. The minimum absolute atomic E-state index is 0.0741. The molecule has 0 amide bonds. The second-order valence-corrected chi connectivity index (χ2v) is 23.7. The molecule has 6 aliphatic rings. The summed E-state index contributed by atoms with van der Waals surface area (Å²) in [7, 11) is 5.63. The van der Waals surface area contributed by atoms with Crippen LogP contribution in [0.5, 0.6) is 0 Å². The fraction of sp³-hybridized carbons (Fsp3) is 0.946. The molecule has 0 aromatic heterocycles. The van der Waals surface area contributed by atoms with Gasteiger partial charge in [-0.25, -0.2) is 0 Å². The van der Waals surface area contributed by atoms with Gasteiger partial charge < -0.3 is 72.2 Å². The fourth-order valence-electron chi connectivity index (χ4n) is 8.03. The van der Waals surface area contributed by atoms with Gasteiger partial charge in [-0.2, -0.15) is 0 Å². The van der Waals surface area contributed by atoms with Gasteiger partial charge in [-0.15, -0.1) is 0 Å². The zero-order valence-electron chi connectivity index (χ0n) is 36.1. The van der Waals surface area contributed by atoms with Crippen molar-refractivity contribution in [1.29, 1.82) is 0 Å². The average Bonchev–Trinajstić information content (AvgIpc) is 3.67. The van der Waals surface area contributed by atoms with Crippen LogP contribution in [-0.2, 0) is 124 Å². The topological polar surface area (TPSA) is 206 Å². The number of esters is 2. The third-order valence-electron chi connectivity index (χ3n) is 11.2. The maximum Gasteiger partial charge on any atom is 0.303 e. The third kappa shape index (κ3) is 13.2. The van der Waals surface area contributed by atoms with Crippen molar-refractivity contribution in [3.8, 4) is 0 Å². The van der Waals surface area contributed by atoms with Crippen LogP contribution in [0.15, 0.2) is 0 Å². The monoisotopic (exact) mass is 970 g/mol. The lowest BCUT2D eigenvalue weighted by Gasteiger charge is -2.46. The number of carbonyl (C=O) groups excluding carboxylic acids is 2. The molecule has 20 atom stereocenters. The average molecular weight is 971 g/mol. The van der Waals surface area contributed by atoms with Crippen molar-refractivity contribution < 1.29 is 81.8 Å². The van der Waals surface area contributed by atoms with E-state index in [4.69, 9.17) is 56.8 Å². The standard InChI is InChI=1S/C19H32O8.C18H30O9.S6/c1-8-9(2)23-18(17-14(8)26-19(6,7)27-17)25-16-13(21)10(3)22-11(4)15(16)24-12(5)20;1-7-8(2)23-17(15-12(7)26-18(5,6)27-15)25-14-11(20)16(21)22-9(3)13(14)24-10(4)19;1-3-5-6-4-2/h8-11,13-18,21H,1-7H3;7-9,11-17,20-21H,1-6H3;/t8-,9?,10-,11?,13-,14-,15-,16?,17?,18-;7-,8?,9?,11+,12-,13-,14?,15?,16-,17-;/m00./s1. The van der Waals surface area contributed by atoms with Crippen molar-refractivity contribution in [3.05, 3.63) is 0 Å². The van der Waals surface area contributed by atoms with E-state index in [9.17, 15) is 24.9 Å². The Hall–Kier alpha value is -0.260. The van der Waals surface area contributed by atoms with Crippen LogP contribution in [0.25, 0.3) is 0 Å². The molecule has 6 fully saturated rings. The van der Waals surface area contributed by atoms with Gasteiger partial charge in [-0.1, -0.05) is 13.8 Å². The highest BCUT2D eigenvalue weighted by molar-refractivity contribution is 8.64. The Morgan fingerprint density at radius 2 is 0.883 bits per heavy atom. The van der Waals surface area contributed by atoms with Gasteiger partial charge >= 0.3 is 11.9 Å². The van der Waals surface area contributed by atoms with E-state index in [1.165, 1.54) is 49.4 Å². The zero-order valence-corrected chi connectivity index (χ0v) is 41.0. The first kappa shape index (κ1) is 52.4. The lowest BCUT2D eigenvalue weighted by molar-refractivity contribution is -0.339. The molecule has 6 saturated heterocycles. The Morgan fingerprint density at radius 1 is 0.517 bits per heavy atom. The number of hydrogen-bond donors (Lipinski definition) is 3. The first-order chi connectivity index (χ1) is 27.9. The molecule has 0 aromatic carbocycles. The van der Waals surface area contributed by atoms with Crippen LogP contribution in [0.1, 0.15) is 90.0 Å². The molecule has 0 bridgehead atoms. The number of carbonyl (C=O) groups is 2. The first-order valence-corrected chi connectivity index (χ1v) is 26.5. The largest absolute Gasteiger partial charge is 0.457 e. The molecule has 0 aromatic rings. The Kier molecular flexibility index (Phi) is 19.5. The quantitative estimate of drug-likeness (QED) is 0.324. The van der Waals surface area contributed by atoms with E-state index in [0.717, 1.165) is 0 Å². The summed E-state index contributed by atoms with van der Waals surface area (Å²) in [5, 5.41) is 31.0. The van der Waals surface area contributed by atoms with Crippen molar-refractivity contribution >= 4 is 69.8 Å². The number of ether oxygens (including phenoxy) is 12. The van der Waals surface area contributed by atoms with Crippen molar-refractivity contribution in [1.82, 2.24) is 0 Å². The van der Waals surface area contributed by atoms with Gasteiger partial charge in [-0.3, -0.25) is 9.59 Å². The second kappa shape index (κ2) is 22.3. The maximum atomic E-state index is 11.6. The van der Waals surface area contributed by atoms with Gasteiger partial charge in [-0.05, 0) is 62.3 Å². The number of hydrogen-bond acceptors (Lipinski definition) is 19. The van der Waals surface area contributed by atoms with Gasteiger partial charge in [0, 0.05) is 83.6 Å². The van der Waals surface area contributed by atoms with E-state index in [-0.39, 0.29) is 36.3 Å². The van der Waals surface area contributed by atoms with E-state index in [0.29, 0.717) is 0 Å². The predicted octanol–water partition coefficient (Wildman–Crippen LogP) is 1.66. The van der Waals surface area contributed by atoms with E-state index >= 15 is 0 Å². The summed E-state index contributed by atoms with van der Waals surface area (Å²) in [5.74, 6) is -2.35. The lowest BCUT2D eigenvalue weighted by atomic mass is 9.91. The van der Waals surface area contributed by atoms with Gasteiger partial charge in [0.25, 0.3) is 0 Å². The number of rotatable bonds is 6. The summed E-state index contributed by atoms with van der Waals surface area (Å²) in [4.78, 5) is 23.0. The lowest BCUT2D eigenvalue weighted by Crippen LogP contribution is -2.62. The minimum Gasteiger partial charge on any atom is -0.457 e. The first-order valence-electron chi connectivity index (χ1n) is 19.9. The molecule has 8 unspecified atom stereocenters. The molecular weight excluding hydrogens is 909 g/mol. The Bertz CT molecular complexity index is 1520. The maximum absolute atomic E-state index is 11.6. The number of aliphatic hydroxyl groups excluding tert-OH is 3. The molecule has 6 aliphatic heterocycles. The van der Waals surface area contributed by atoms with Crippen molar-refractivity contribution in [3.63, 3.8) is 0 Å². The fourth-order valence-corrected chi connectivity index (χ4v) is 13.5. The Morgan fingerprint density at radius 3 is 1.27 bits per heavy atom. The molecule has 23 heteroatoms. The molecule has 17 nitrogen and oxygen atoms in total. The zero-order chi connectivity index (χ0) is 45.0.